The number of benzene rings is 3. The molecule has 0 aliphatic heterocycles. The first-order valence-corrected chi connectivity index (χ1v) is 9.83. The fraction of sp³-hybridized carbons (Fsp3) is 0.0952. The van der Waals surface area contributed by atoms with E-state index in [2.05, 4.69) is 26.5 Å². The summed E-state index contributed by atoms with van der Waals surface area (Å²) in [5, 5.41) is 5.68. The van der Waals surface area contributed by atoms with Gasteiger partial charge in [0.25, 0.3) is 0 Å². The Hall–Kier alpha value is -2.01. The Labute approximate surface area is 177 Å². The molecule has 3 aromatic carbocycles. The average molecular weight is 464 g/mol. The van der Waals surface area contributed by atoms with Crippen LogP contribution in [-0.2, 0) is 13.2 Å². The van der Waals surface area contributed by atoms with Crippen molar-refractivity contribution < 1.29 is 4.74 Å². The van der Waals surface area contributed by atoms with Gasteiger partial charge in [-0.3, -0.25) is 0 Å². The Kier molecular flexibility index (Phi) is 7.16. The second-order valence-electron chi connectivity index (χ2n) is 5.79. The first-order chi connectivity index (χ1) is 13.1. The third-order valence-electron chi connectivity index (χ3n) is 3.80. The molecule has 0 saturated carbocycles. The number of nitrogens with zero attached hydrogens (tertiary/aromatic N) is 1. The Balaban J connectivity index is 1.54. The molecule has 0 atom stereocenters. The van der Waals surface area contributed by atoms with Crippen molar-refractivity contribution in [1.82, 2.24) is 5.43 Å². The van der Waals surface area contributed by atoms with Gasteiger partial charge >= 0.3 is 0 Å². The van der Waals surface area contributed by atoms with Gasteiger partial charge in [-0.15, -0.1) is 0 Å². The molecule has 3 rings (SSSR count). The summed E-state index contributed by atoms with van der Waals surface area (Å²) in [6.07, 6.45) is 1.75. The van der Waals surface area contributed by atoms with Crippen LogP contribution in [0.25, 0.3) is 0 Å². The molecular weight excluding hydrogens is 447 g/mol. The van der Waals surface area contributed by atoms with E-state index in [1.165, 1.54) is 0 Å². The lowest BCUT2D eigenvalue weighted by molar-refractivity contribution is 0.304. The summed E-state index contributed by atoms with van der Waals surface area (Å²) in [7, 11) is 0. The van der Waals surface area contributed by atoms with Gasteiger partial charge < -0.3 is 10.2 Å². The van der Waals surface area contributed by atoms with Crippen molar-refractivity contribution in [3.63, 3.8) is 0 Å². The van der Waals surface area contributed by atoms with E-state index >= 15 is 0 Å². The van der Waals surface area contributed by atoms with Crippen LogP contribution in [0, 0.1) is 0 Å². The standard InChI is InChI=1S/C21H17BrCl2N2O/c22-19-11-16(12-25-26-13-17-3-1-2-4-20(17)24)7-10-21(19)27-14-15-5-8-18(23)9-6-15/h1-12,26H,13-14H2/b25-12-. The smallest absolute Gasteiger partial charge is 0.134 e. The van der Waals surface area contributed by atoms with Gasteiger partial charge in [0.15, 0.2) is 0 Å². The first-order valence-electron chi connectivity index (χ1n) is 8.28. The lowest BCUT2D eigenvalue weighted by Crippen LogP contribution is -2.06. The Bertz CT molecular complexity index is 930. The van der Waals surface area contributed by atoms with Crippen LogP contribution in [0.4, 0.5) is 0 Å². The molecule has 0 heterocycles. The van der Waals surface area contributed by atoms with E-state index in [1.807, 2.05) is 66.7 Å². The average Bonchev–Trinajstić information content (AvgIpc) is 2.67. The topological polar surface area (TPSA) is 33.6 Å². The summed E-state index contributed by atoms with van der Waals surface area (Å²) < 4.78 is 6.72. The summed E-state index contributed by atoms with van der Waals surface area (Å²) in [5.41, 5.74) is 6.01. The van der Waals surface area contributed by atoms with Crippen LogP contribution in [0.2, 0.25) is 10.0 Å². The molecule has 3 nitrogen and oxygen atoms in total. The molecule has 0 aromatic heterocycles. The van der Waals surface area contributed by atoms with E-state index in [4.69, 9.17) is 27.9 Å². The van der Waals surface area contributed by atoms with Crippen molar-refractivity contribution in [1.29, 1.82) is 0 Å². The fourth-order valence-electron chi connectivity index (χ4n) is 2.35. The molecule has 0 aliphatic carbocycles. The van der Waals surface area contributed by atoms with Crippen molar-refractivity contribution in [3.05, 3.63) is 97.9 Å². The van der Waals surface area contributed by atoms with Gasteiger partial charge in [-0.2, -0.15) is 5.10 Å². The maximum Gasteiger partial charge on any atom is 0.134 e. The van der Waals surface area contributed by atoms with E-state index in [1.54, 1.807) is 6.21 Å². The molecule has 0 aliphatic rings. The van der Waals surface area contributed by atoms with E-state index < -0.39 is 0 Å². The lowest BCUT2D eigenvalue weighted by atomic mass is 10.2. The maximum absolute atomic E-state index is 6.12. The molecule has 0 bridgehead atoms. The number of rotatable bonds is 7. The predicted octanol–water partition coefficient (Wildman–Crippen LogP) is 6.46. The van der Waals surface area contributed by atoms with Gasteiger partial charge in [0.1, 0.15) is 12.4 Å². The number of hydrazone groups is 1. The van der Waals surface area contributed by atoms with E-state index in [0.29, 0.717) is 18.2 Å². The summed E-state index contributed by atoms with van der Waals surface area (Å²) >= 11 is 15.6. The third-order valence-corrected chi connectivity index (χ3v) is 5.04. The van der Waals surface area contributed by atoms with Gasteiger partial charge in [-0.25, -0.2) is 0 Å². The van der Waals surface area contributed by atoms with Crippen LogP contribution in [0.5, 0.6) is 5.75 Å². The molecule has 27 heavy (non-hydrogen) atoms. The molecule has 0 unspecified atom stereocenters. The van der Waals surface area contributed by atoms with Gasteiger partial charge in [-0.05, 0) is 69.0 Å². The van der Waals surface area contributed by atoms with E-state index in [-0.39, 0.29) is 0 Å². The number of ether oxygens (including phenoxy) is 1. The quantitative estimate of drug-likeness (QED) is 0.322. The number of nitrogens with one attached hydrogen (secondary N) is 1. The zero-order valence-corrected chi connectivity index (χ0v) is 17.4. The van der Waals surface area contributed by atoms with Crippen LogP contribution >= 0.6 is 39.1 Å². The summed E-state index contributed by atoms with van der Waals surface area (Å²) in [4.78, 5) is 0. The minimum atomic E-state index is 0.475. The Morgan fingerprint density at radius 2 is 1.78 bits per heavy atom. The summed E-state index contributed by atoms with van der Waals surface area (Å²) in [5.74, 6) is 0.770. The molecule has 138 valence electrons. The molecule has 0 saturated heterocycles. The van der Waals surface area contributed by atoms with Gasteiger partial charge in [0, 0.05) is 10.0 Å². The summed E-state index contributed by atoms with van der Waals surface area (Å²) in [6.45, 7) is 1.04. The second kappa shape index (κ2) is 9.79. The zero-order valence-electron chi connectivity index (χ0n) is 14.3. The van der Waals surface area contributed by atoms with Gasteiger partial charge in [0.2, 0.25) is 0 Å². The van der Waals surface area contributed by atoms with Crippen molar-refractivity contribution in [2.75, 3.05) is 0 Å². The van der Waals surface area contributed by atoms with E-state index in [0.717, 1.165) is 31.9 Å². The van der Waals surface area contributed by atoms with Crippen LogP contribution in [0.3, 0.4) is 0 Å². The molecule has 6 heteroatoms. The van der Waals surface area contributed by atoms with Gasteiger partial charge in [0.05, 0.1) is 17.2 Å². The minimum Gasteiger partial charge on any atom is -0.488 e. The number of hydrogen-bond acceptors (Lipinski definition) is 3. The van der Waals surface area contributed by atoms with Crippen LogP contribution < -0.4 is 10.2 Å². The van der Waals surface area contributed by atoms with Gasteiger partial charge in [-0.1, -0.05) is 53.5 Å². The van der Waals surface area contributed by atoms with Crippen LogP contribution in [0.1, 0.15) is 16.7 Å². The molecule has 0 spiro atoms. The highest BCUT2D eigenvalue weighted by atomic mass is 79.9. The predicted molar refractivity (Wildman–Crippen MR) is 116 cm³/mol. The largest absolute Gasteiger partial charge is 0.488 e. The highest BCUT2D eigenvalue weighted by Gasteiger charge is 2.03. The monoisotopic (exact) mass is 462 g/mol. The molecule has 0 radical (unpaired) electrons. The first kappa shape index (κ1) is 19.7. The lowest BCUT2D eigenvalue weighted by Gasteiger charge is -2.09. The fourth-order valence-corrected chi connectivity index (χ4v) is 3.19. The maximum atomic E-state index is 6.12. The number of hydrogen-bond donors (Lipinski definition) is 1. The minimum absolute atomic E-state index is 0.475. The molecule has 1 N–H and O–H groups in total. The van der Waals surface area contributed by atoms with Crippen LogP contribution in [-0.4, -0.2) is 6.21 Å². The Morgan fingerprint density at radius 1 is 1.00 bits per heavy atom. The van der Waals surface area contributed by atoms with E-state index in [9.17, 15) is 0 Å². The molecule has 0 fully saturated rings. The highest BCUT2D eigenvalue weighted by Crippen LogP contribution is 2.26. The van der Waals surface area contributed by atoms with Crippen molar-refractivity contribution in [2.24, 2.45) is 5.10 Å². The second-order valence-corrected chi connectivity index (χ2v) is 7.49. The van der Waals surface area contributed by atoms with Crippen molar-refractivity contribution in [2.45, 2.75) is 13.2 Å². The zero-order chi connectivity index (χ0) is 19.1. The van der Waals surface area contributed by atoms with Crippen molar-refractivity contribution >= 4 is 45.3 Å². The van der Waals surface area contributed by atoms with Crippen molar-refractivity contribution in [3.8, 4) is 5.75 Å². The Morgan fingerprint density at radius 3 is 2.52 bits per heavy atom. The third kappa shape index (κ3) is 5.99. The molecule has 3 aromatic rings. The summed E-state index contributed by atoms with van der Waals surface area (Å²) in [6, 6.07) is 21.1. The van der Waals surface area contributed by atoms with Crippen LogP contribution in [0.15, 0.2) is 76.3 Å². The normalized spacial score (nSPS) is 10.9. The number of halogens is 3. The SMILES string of the molecule is Clc1ccc(COc2ccc(/C=N\NCc3ccccc3Cl)cc2Br)cc1. The molecular formula is C21H17BrCl2N2O. The molecule has 0 amide bonds. The highest BCUT2D eigenvalue weighted by molar-refractivity contribution is 9.10.